The second kappa shape index (κ2) is 5.10. The summed E-state index contributed by atoms with van der Waals surface area (Å²) < 4.78 is 0. The van der Waals surface area contributed by atoms with E-state index in [0.29, 0.717) is 0 Å². The van der Waals surface area contributed by atoms with E-state index in [4.69, 9.17) is 0 Å². The van der Waals surface area contributed by atoms with Crippen molar-refractivity contribution in [1.29, 1.82) is 0 Å². The van der Waals surface area contributed by atoms with Crippen molar-refractivity contribution in [2.24, 2.45) is 0 Å². The van der Waals surface area contributed by atoms with Crippen LogP contribution < -0.4 is 0 Å². The van der Waals surface area contributed by atoms with E-state index in [-0.39, 0.29) is 11.6 Å². The van der Waals surface area contributed by atoms with Gasteiger partial charge < -0.3 is 10.0 Å². The third kappa shape index (κ3) is 3.30. The number of likely N-dealkylation sites (N-methyl/N-ethyl adjacent to an activating group) is 1. The summed E-state index contributed by atoms with van der Waals surface area (Å²) in [5, 5.41) is 12.2. The lowest BCUT2D eigenvalue weighted by Crippen LogP contribution is -2.48. The van der Waals surface area contributed by atoms with Gasteiger partial charge in [0.15, 0.2) is 0 Å². The molecule has 0 spiro atoms. The van der Waals surface area contributed by atoms with E-state index < -0.39 is 0 Å². The van der Waals surface area contributed by atoms with Gasteiger partial charge in [-0.05, 0) is 52.2 Å². The molecule has 0 aliphatic heterocycles. The third-order valence-electron chi connectivity index (χ3n) is 3.21. The van der Waals surface area contributed by atoms with E-state index in [0.717, 1.165) is 12.8 Å². The minimum atomic E-state index is -0.283. The van der Waals surface area contributed by atoms with E-state index in [1.165, 1.54) is 4.88 Å². The summed E-state index contributed by atoms with van der Waals surface area (Å²) in [5.74, 6) is 0. The Morgan fingerprint density at radius 2 is 2.13 bits per heavy atom. The fourth-order valence-electron chi connectivity index (χ4n) is 1.39. The van der Waals surface area contributed by atoms with Crippen LogP contribution in [-0.4, -0.2) is 35.7 Å². The van der Waals surface area contributed by atoms with Crippen LogP contribution in [0.15, 0.2) is 17.5 Å². The lowest BCUT2D eigenvalue weighted by molar-refractivity contribution is 0.0128. The van der Waals surface area contributed by atoms with Crippen LogP contribution in [0.1, 0.15) is 25.1 Å². The highest BCUT2D eigenvalue weighted by Gasteiger charge is 2.29. The van der Waals surface area contributed by atoms with Gasteiger partial charge in [0.25, 0.3) is 0 Å². The van der Waals surface area contributed by atoms with Gasteiger partial charge in [0.05, 0.1) is 6.10 Å². The minimum Gasteiger partial charge on any atom is -0.391 e. The molecular weight excluding hydrogens is 206 g/mol. The van der Waals surface area contributed by atoms with Crippen LogP contribution >= 0.6 is 11.3 Å². The van der Waals surface area contributed by atoms with Gasteiger partial charge >= 0.3 is 0 Å². The van der Waals surface area contributed by atoms with Gasteiger partial charge in [0.2, 0.25) is 0 Å². The molecule has 0 aromatic carbocycles. The summed E-state index contributed by atoms with van der Waals surface area (Å²) in [6, 6.07) is 4.18. The zero-order valence-corrected chi connectivity index (χ0v) is 10.8. The number of hydrogen-bond acceptors (Lipinski definition) is 3. The van der Waals surface area contributed by atoms with Crippen molar-refractivity contribution >= 4 is 11.3 Å². The molecule has 0 bridgehead atoms. The number of rotatable bonds is 5. The third-order valence-corrected chi connectivity index (χ3v) is 4.15. The van der Waals surface area contributed by atoms with Crippen LogP contribution in [0.3, 0.4) is 0 Å². The van der Waals surface area contributed by atoms with Crippen molar-refractivity contribution in [2.45, 2.75) is 38.3 Å². The standard InChI is InChI=1S/C12H21NOS/c1-12(2,13(3)4)11(14)8-7-10-6-5-9-15-10/h5-6,9,11,14H,7-8H2,1-4H3. The average molecular weight is 227 g/mol. The Kier molecular flexibility index (Phi) is 4.32. The summed E-state index contributed by atoms with van der Waals surface area (Å²) in [6.45, 7) is 4.15. The molecule has 1 heterocycles. The van der Waals surface area contributed by atoms with Crippen molar-refractivity contribution in [3.05, 3.63) is 22.4 Å². The monoisotopic (exact) mass is 227 g/mol. The number of hydrogen-bond donors (Lipinski definition) is 1. The Bertz CT molecular complexity index is 280. The molecule has 1 aromatic rings. The Morgan fingerprint density at radius 1 is 1.47 bits per heavy atom. The van der Waals surface area contributed by atoms with Crippen LogP contribution in [0.4, 0.5) is 0 Å². The molecule has 86 valence electrons. The Labute approximate surface area is 96.5 Å². The normalized spacial score (nSPS) is 14.5. The first kappa shape index (κ1) is 12.7. The van der Waals surface area contributed by atoms with Gasteiger partial charge in [-0.3, -0.25) is 0 Å². The molecular formula is C12H21NOS. The molecule has 1 unspecified atom stereocenters. The predicted molar refractivity (Wildman–Crippen MR) is 66.4 cm³/mol. The van der Waals surface area contributed by atoms with E-state index in [1.54, 1.807) is 11.3 Å². The lowest BCUT2D eigenvalue weighted by Gasteiger charge is -2.37. The quantitative estimate of drug-likeness (QED) is 0.835. The van der Waals surface area contributed by atoms with Crippen molar-refractivity contribution in [3.63, 3.8) is 0 Å². The maximum Gasteiger partial charge on any atom is 0.0721 e. The summed E-state index contributed by atoms with van der Waals surface area (Å²) in [6.07, 6.45) is 1.51. The van der Waals surface area contributed by atoms with Crippen LogP contribution in [0.5, 0.6) is 0 Å². The minimum absolute atomic E-state index is 0.155. The van der Waals surface area contributed by atoms with Crippen molar-refractivity contribution in [2.75, 3.05) is 14.1 Å². The summed E-state index contributed by atoms with van der Waals surface area (Å²) >= 11 is 1.76. The molecule has 1 N–H and O–H groups in total. The molecule has 0 saturated carbocycles. The van der Waals surface area contributed by atoms with Crippen LogP contribution in [-0.2, 0) is 6.42 Å². The Hall–Kier alpha value is -0.380. The zero-order chi connectivity index (χ0) is 11.5. The van der Waals surface area contributed by atoms with Gasteiger partial charge in [-0.25, -0.2) is 0 Å². The second-order valence-corrected chi connectivity index (χ2v) is 5.71. The van der Waals surface area contributed by atoms with Gasteiger partial charge in [-0.15, -0.1) is 11.3 Å². The highest BCUT2D eigenvalue weighted by molar-refractivity contribution is 7.09. The highest BCUT2D eigenvalue weighted by atomic mass is 32.1. The van der Waals surface area contributed by atoms with Crippen LogP contribution in [0.2, 0.25) is 0 Å². The summed E-state index contributed by atoms with van der Waals surface area (Å²) in [5.41, 5.74) is -0.155. The number of aryl methyl sites for hydroxylation is 1. The smallest absolute Gasteiger partial charge is 0.0721 e. The zero-order valence-electron chi connectivity index (χ0n) is 10.0. The molecule has 0 fully saturated rings. The molecule has 1 rings (SSSR count). The molecule has 0 radical (unpaired) electrons. The first-order valence-electron chi connectivity index (χ1n) is 5.32. The summed E-state index contributed by atoms with van der Waals surface area (Å²) in [4.78, 5) is 3.43. The Morgan fingerprint density at radius 3 is 2.60 bits per heavy atom. The van der Waals surface area contributed by atoms with Crippen molar-refractivity contribution < 1.29 is 5.11 Å². The second-order valence-electron chi connectivity index (χ2n) is 4.68. The van der Waals surface area contributed by atoms with E-state index >= 15 is 0 Å². The molecule has 0 saturated heterocycles. The maximum atomic E-state index is 10.1. The molecule has 3 heteroatoms. The summed E-state index contributed by atoms with van der Waals surface area (Å²) in [7, 11) is 4.02. The molecule has 2 nitrogen and oxygen atoms in total. The van der Waals surface area contributed by atoms with Gasteiger partial charge in [0.1, 0.15) is 0 Å². The molecule has 0 aliphatic rings. The molecule has 0 aliphatic carbocycles. The molecule has 15 heavy (non-hydrogen) atoms. The van der Waals surface area contributed by atoms with Crippen molar-refractivity contribution in [1.82, 2.24) is 4.90 Å². The molecule has 1 aromatic heterocycles. The fraction of sp³-hybridized carbons (Fsp3) is 0.667. The fourth-order valence-corrected chi connectivity index (χ4v) is 2.11. The van der Waals surface area contributed by atoms with Crippen LogP contribution in [0, 0.1) is 0 Å². The average Bonchev–Trinajstić information content (AvgIpc) is 2.66. The predicted octanol–water partition coefficient (Wildman–Crippen LogP) is 2.38. The lowest BCUT2D eigenvalue weighted by atomic mass is 9.92. The number of nitrogens with zero attached hydrogens (tertiary/aromatic N) is 1. The SMILES string of the molecule is CN(C)C(C)(C)C(O)CCc1cccs1. The van der Waals surface area contributed by atoms with E-state index in [2.05, 4.69) is 36.3 Å². The molecule has 1 atom stereocenters. The molecule has 0 amide bonds. The van der Waals surface area contributed by atoms with E-state index in [1.807, 2.05) is 14.1 Å². The van der Waals surface area contributed by atoms with Crippen molar-refractivity contribution in [3.8, 4) is 0 Å². The number of aliphatic hydroxyl groups is 1. The van der Waals surface area contributed by atoms with Crippen LogP contribution in [0.25, 0.3) is 0 Å². The maximum absolute atomic E-state index is 10.1. The highest BCUT2D eigenvalue weighted by Crippen LogP contribution is 2.21. The first-order valence-corrected chi connectivity index (χ1v) is 6.20. The largest absolute Gasteiger partial charge is 0.391 e. The first-order chi connectivity index (χ1) is 6.94. The topological polar surface area (TPSA) is 23.5 Å². The van der Waals surface area contributed by atoms with Gasteiger partial charge in [-0.1, -0.05) is 6.07 Å². The number of thiophene rings is 1. The van der Waals surface area contributed by atoms with Gasteiger partial charge in [-0.2, -0.15) is 0 Å². The van der Waals surface area contributed by atoms with E-state index in [9.17, 15) is 5.11 Å². The number of aliphatic hydroxyl groups excluding tert-OH is 1. The Balaban J connectivity index is 2.45. The van der Waals surface area contributed by atoms with Gasteiger partial charge in [0, 0.05) is 10.4 Å².